The lowest BCUT2D eigenvalue weighted by Crippen LogP contribution is -2.48. The van der Waals surface area contributed by atoms with Gasteiger partial charge < -0.3 is 19.5 Å². The van der Waals surface area contributed by atoms with Gasteiger partial charge in [0.2, 0.25) is 0 Å². The Hall–Kier alpha value is -4.80. The number of aromatic nitrogens is 3. The van der Waals surface area contributed by atoms with Crippen molar-refractivity contribution >= 4 is 33.6 Å². The maximum Gasteiger partial charge on any atom is 0.409 e. The second-order valence-corrected chi connectivity index (χ2v) is 13.3. The van der Waals surface area contributed by atoms with Crippen LogP contribution < -0.4 is 15.2 Å². The topological polar surface area (TPSA) is 116 Å². The highest BCUT2D eigenvalue weighted by Crippen LogP contribution is 2.43. The number of anilines is 1. The molecule has 3 aliphatic rings. The van der Waals surface area contributed by atoms with E-state index in [4.69, 9.17) is 20.9 Å². The number of halogens is 2. The molecule has 11 nitrogen and oxygen atoms in total. The van der Waals surface area contributed by atoms with Crippen LogP contribution in [-0.2, 0) is 4.74 Å². The first-order valence-electron chi connectivity index (χ1n) is 16.7. The molecular formula is C36H39F2N7O4. The number of nitrogens with one attached hydrogen (secondary N) is 1. The zero-order chi connectivity index (χ0) is 34.3. The molecule has 0 radical (unpaired) electrons. The highest BCUT2D eigenvalue weighted by Gasteiger charge is 2.50. The number of benzene rings is 2. The molecular weight excluding hydrogens is 632 g/mol. The Balaban J connectivity index is 1.28. The van der Waals surface area contributed by atoms with E-state index in [1.165, 1.54) is 35.4 Å². The minimum atomic E-state index is -0.774. The summed E-state index contributed by atoms with van der Waals surface area (Å²) in [7, 11) is 3.32. The van der Waals surface area contributed by atoms with Gasteiger partial charge in [-0.05, 0) is 68.7 Å². The molecule has 256 valence electrons. The van der Waals surface area contributed by atoms with E-state index >= 15 is 4.39 Å². The molecule has 0 bridgehead atoms. The Morgan fingerprint density at radius 1 is 1.16 bits per heavy atom. The number of carbonyl (C=O) groups excluding carboxylic acids is 1. The molecule has 4 aromatic rings. The number of nitrogens with zero attached hydrogens (tertiary/aromatic N) is 6. The van der Waals surface area contributed by atoms with E-state index in [-0.39, 0.29) is 63.8 Å². The van der Waals surface area contributed by atoms with Crippen molar-refractivity contribution in [3.8, 4) is 35.4 Å². The van der Waals surface area contributed by atoms with E-state index < -0.39 is 11.6 Å². The lowest BCUT2D eigenvalue weighted by molar-refractivity contribution is 0.0484. The number of phenolic OH excluding ortho intramolecular Hbond substituents is 1. The van der Waals surface area contributed by atoms with E-state index in [0.717, 1.165) is 58.0 Å². The fourth-order valence-corrected chi connectivity index (χ4v) is 7.56. The van der Waals surface area contributed by atoms with Crippen LogP contribution in [0.15, 0.2) is 30.5 Å². The van der Waals surface area contributed by atoms with Crippen LogP contribution in [-0.4, -0.2) is 94.5 Å². The van der Waals surface area contributed by atoms with Crippen LogP contribution in [0.25, 0.3) is 32.9 Å². The van der Waals surface area contributed by atoms with E-state index in [9.17, 15) is 14.3 Å². The predicted octanol–water partition coefficient (Wildman–Crippen LogP) is 5.38. The van der Waals surface area contributed by atoms with Crippen molar-refractivity contribution in [2.45, 2.75) is 56.5 Å². The molecule has 2 aromatic heterocycles. The monoisotopic (exact) mass is 671 g/mol. The number of rotatable bonds is 7. The average molecular weight is 672 g/mol. The van der Waals surface area contributed by atoms with Crippen molar-refractivity contribution in [3.05, 3.63) is 47.7 Å². The molecule has 7 rings (SSSR count). The Morgan fingerprint density at radius 3 is 2.84 bits per heavy atom. The lowest BCUT2D eigenvalue weighted by atomic mass is 9.95. The van der Waals surface area contributed by atoms with Crippen LogP contribution in [0.2, 0.25) is 0 Å². The quantitative estimate of drug-likeness (QED) is 0.248. The summed E-state index contributed by atoms with van der Waals surface area (Å²) in [4.78, 5) is 29.8. The fourth-order valence-electron chi connectivity index (χ4n) is 7.56. The van der Waals surface area contributed by atoms with Crippen molar-refractivity contribution in [3.63, 3.8) is 0 Å². The van der Waals surface area contributed by atoms with Crippen LogP contribution in [0, 0.1) is 24.0 Å². The molecule has 3 aliphatic heterocycles. The first-order chi connectivity index (χ1) is 23.7. The summed E-state index contributed by atoms with van der Waals surface area (Å²) >= 11 is 0. The van der Waals surface area contributed by atoms with Crippen molar-refractivity contribution in [2.24, 2.45) is 0 Å². The number of ether oxygens (including phenoxy) is 2. The molecule has 13 heteroatoms. The number of phenols is 1. The molecule has 2 N–H and O–H groups in total. The molecule has 0 aliphatic carbocycles. The third-order valence-electron chi connectivity index (χ3n) is 9.98. The molecule has 1 amide bonds. The first kappa shape index (κ1) is 32.7. The van der Waals surface area contributed by atoms with Gasteiger partial charge in [0.15, 0.2) is 11.6 Å². The van der Waals surface area contributed by atoms with Gasteiger partial charge in [-0.25, -0.2) is 19.0 Å². The highest BCUT2D eigenvalue weighted by atomic mass is 19.1. The lowest BCUT2D eigenvalue weighted by Gasteiger charge is -2.34. The van der Waals surface area contributed by atoms with Crippen LogP contribution in [0.5, 0.6) is 11.8 Å². The van der Waals surface area contributed by atoms with Gasteiger partial charge in [-0.15, -0.1) is 6.42 Å². The Kier molecular flexibility index (Phi) is 8.85. The minimum Gasteiger partial charge on any atom is -0.508 e. The molecule has 2 atom stereocenters. The average Bonchev–Trinajstić information content (AvgIpc) is 3.53. The zero-order valence-electron chi connectivity index (χ0n) is 27.6. The number of amides is 1. The Bertz CT molecular complexity index is 1960. The molecule has 2 aromatic carbocycles. The van der Waals surface area contributed by atoms with Gasteiger partial charge in [-0.1, -0.05) is 18.4 Å². The van der Waals surface area contributed by atoms with Crippen molar-refractivity contribution < 1.29 is 28.2 Å². The number of carbonyl (C=O) groups is 1. The van der Waals surface area contributed by atoms with Gasteiger partial charge in [0, 0.05) is 50.4 Å². The summed E-state index contributed by atoms with van der Waals surface area (Å²) in [5.74, 6) is 1.26. The van der Waals surface area contributed by atoms with Crippen molar-refractivity contribution in [1.82, 2.24) is 30.2 Å². The van der Waals surface area contributed by atoms with Crippen molar-refractivity contribution in [2.75, 3.05) is 52.0 Å². The summed E-state index contributed by atoms with van der Waals surface area (Å²) in [6.45, 7) is 2.80. The summed E-state index contributed by atoms with van der Waals surface area (Å²) in [6.07, 6.45) is 13.3. The third-order valence-corrected chi connectivity index (χ3v) is 9.98. The molecule has 0 saturated carbocycles. The summed E-state index contributed by atoms with van der Waals surface area (Å²) in [5, 5.41) is 13.5. The minimum absolute atomic E-state index is 0.0180. The molecule has 0 spiro atoms. The van der Waals surface area contributed by atoms with Gasteiger partial charge in [-0.2, -0.15) is 9.97 Å². The fraction of sp³-hybridized carbons (Fsp3) is 0.444. The van der Waals surface area contributed by atoms with E-state index in [1.54, 1.807) is 14.1 Å². The number of aromatic hydroxyl groups is 1. The molecule has 3 fully saturated rings. The SMILES string of the molecule is C#Cc1c(F)ccc2cc(O)cc(-c3ncc4c(N5CCCCCN5)nc(OCC56CCCN5C(COC(=O)N(C)C)CC6)nc4c3F)c12. The summed E-state index contributed by atoms with van der Waals surface area (Å²) in [6, 6.07) is 5.57. The Labute approximate surface area is 283 Å². The number of hydrogen-bond donors (Lipinski definition) is 2. The van der Waals surface area contributed by atoms with Crippen molar-refractivity contribution in [1.29, 1.82) is 0 Å². The molecule has 2 unspecified atom stereocenters. The van der Waals surface area contributed by atoms with Gasteiger partial charge in [-0.3, -0.25) is 14.9 Å². The molecule has 5 heterocycles. The second-order valence-electron chi connectivity index (χ2n) is 13.3. The number of pyridine rings is 1. The van der Waals surface area contributed by atoms with Gasteiger partial charge in [0.05, 0.1) is 16.5 Å². The number of terminal acetylenes is 1. The first-order valence-corrected chi connectivity index (χ1v) is 16.7. The predicted molar refractivity (Wildman–Crippen MR) is 181 cm³/mol. The van der Waals surface area contributed by atoms with E-state index in [0.29, 0.717) is 29.7 Å². The maximum absolute atomic E-state index is 16.8. The molecule has 3 saturated heterocycles. The summed E-state index contributed by atoms with van der Waals surface area (Å²) < 4.78 is 43.6. The zero-order valence-corrected chi connectivity index (χ0v) is 27.6. The van der Waals surface area contributed by atoms with Crippen LogP contribution in [0.4, 0.5) is 19.4 Å². The van der Waals surface area contributed by atoms with E-state index in [2.05, 4.69) is 26.2 Å². The van der Waals surface area contributed by atoms with Crippen LogP contribution in [0.1, 0.15) is 50.5 Å². The maximum atomic E-state index is 16.8. The normalized spacial score (nSPS) is 21.0. The number of hydrazine groups is 1. The van der Waals surface area contributed by atoms with Gasteiger partial charge in [0.1, 0.15) is 36.0 Å². The van der Waals surface area contributed by atoms with E-state index in [1.807, 2.05) is 5.01 Å². The standard InChI is InChI=1S/C36H39F2N7O4/c1-4-25-28(37)10-9-22-17-24(46)18-26(29(22)25)31-30(38)32-27(19-39-31)33(45-16-7-5-6-14-40-45)42-34(41-32)49-21-36-12-8-15-44(36)23(11-13-36)20-48-35(47)43(2)3/h1,9-10,17-19,23,40,46H,5-8,11-16,20-21H2,2-3H3. The van der Waals surface area contributed by atoms with Crippen LogP contribution in [0.3, 0.4) is 0 Å². The number of hydrogen-bond acceptors (Lipinski definition) is 10. The third kappa shape index (κ3) is 6.04. The number of fused-ring (bicyclic) bond motifs is 3. The van der Waals surface area contributed by atoms with Gasteiger partial charge >= 0.3 is 12.1 Å². The second kappa shape index (κ2) is 13.2. The highest BCUT2D eigenvalue weighted by molar-refractivity contribution is 6.03. The van der Waals surface area contributed by atoms with Gasteiger partial charge in [0.25, 0.3) is 0 Å². The smallest absolute Gasteiger partial charge is 0.409 e. The summed E-state index contributed by atoms with van der Waals surface area (Å²) in [5.41, 5.74) is 3.04. The van der Waals surface area contributed by atoms with Crippen LogP contribution >= 0.6 is 0 Å². The largest absolute Gasteiger partial charge is 0.508 e. The molecule has 49 heavy (non-hydrogen) atoms. The Morgan fingerprint density at radius 2 is 2.02 bits per heavy atom.